The largest absolute Gasteiger partial charge is 0.352 e. The molecule has 0 atom stereocenters. The third-order valence-corrected chi connectivity index (χ3v) is 5.45. The Labute approximate surface area is 165 Å². The number of thioether (sulfide) groups is 1. The minimum absolute atomic E-state index is 0.0968. The highest BCUT2D eigenvalue weighted by Gasteiger charge is 2.22. The van der Waals surface area contributed by atoms with Crippen molar-refractivity contribution in [1.29, 1.82) is 5.26 Å². The number of hydrogen-bond donors (Lipinski definition) is 2. The molecule has 0 radical (unpaired) electrons. The first-order valence-corrected chi connectivity index (χ1v) is 9.84. The zero-order chi connectivity index (χ0) is 19.5. The van der Waals surface area contributed by atoms with Gasteiger partial charge in [-0.3, -0.25) is 9.59 Å². The quantitative estimate of drug-likeness (QED) is 0.697. The van der Waals surface area contributed by atoms with Gasteiger partial charge in [-0.2, -0.15) is 5.26 Å². The number of imidazole rings is 1. The van der Waals surface area contributed by atoms with E-state index in [0.29, 0.717) is 17.8 Å². The number of hydrogen-bond acceptors (Lipinski definition) is 5. The molecule has 1 aliphatic heterocycles. The molecule has 2 aromatic carbocycles. The number of anilines is 1. The molecule has 4 rings (SSSR count). The predicted molar refractivity (Wildman–Crippen MR) is 107 cm³/mol. The van der Waals surface area contributed by atoms with Crippen LogP contribution in [-0.2, 0) is 11.3 Å². The van der Waals surface area contributed by atoms with E-state index in [9.17, 15) is 14.9 Å². The third kappa shape index (κ3) is 3.57. The summed E-state index contributed by atoms with van der Waals surface area (Å²) in [6, 6.07) is 15.4. The van der Waals surface area contributed by atoms with Crippen molar-refractivity contribution in [2.24, 2.45) is 0 Å². The van der Waals surface area contributed by atoms with Crippen LogP contribution < -0.4 is 10.6 Å². The van der Waals surface area contributed by atoms with Gasteiger partial charge in [0.05, 0.1) is 0 Å². The van der Waals surface area contributed by atoms with Gasteiger partial charge in [-0.1, -0.05) is 42.1 Å². The number of fused-ring (bicyclic) bond motifs is 2. The van der Waals surface area contributed by atoms with Crippen LogP contribution in [0.3, 0.4) is 0 Å². The summed E-state index contributed by atoms with van der Waals surface area (Å²) in [6.07, 6.45) is 0.0968. The fraction of sp³-hybridized carbons (Fsp3) is 0.200. The summed E-state index contributed by atoms with van der Waals surface area (Å²) in [5, 5.41) is 17.5. The van der Waals surface area contributed by atoms with Crippen molar-refractivity contribution in [3.05, 3.63) is 53.7 Å². The van der Waals surface area contributed by atoms with Crippen molar-refractivity contribution in [2.45, 2.75) is 18.1 Å². The van der Waals surface area contributed by atoms with Crippen molar-refractivity contribution in [3.8, 4) is 6.07 Å². The first kappa shape index (κ1) is 18.1. The number of carbonyl (C=O) groups is 2. The molecule has 0 saturated heterocycles. The Morgan fingerprint density at radius 2 is 2.04 bits per heavy atom. The smallest absolute Gasteiger partial charge is 0.251 e. The lowest BCUT2D eigenvalue weighted by molar-refractivity contribution is -0.116. The number of nitrogens with one attached hydrogen (secondary N) is 2. The Morgan fingerprint density at radius 1 is 1.21 bits per heavy atom. The number of nitriles is 1. The molecule has 1 aromatic heterocycles. The van der Waals surface area contributed by atoms with E-state index in [1.165, 1.54) is 0 Å². The van der Waals surface area contributed by atoms with E-state index in [-0.39, 0.29) is 30.6 Å². The Kier molecular flexibility index (Phi) is 5.00. The summed E-state index contributed by atoms with van der Waals surface area (Å²) in [4.78, 5) is 28.8. The van der Waals surface area contributed by atoms with Crippen LogP contribution in [0.1, 0.15) is 22.5 Å². The van der Waals surface area contributed by atoms with Crippen molar-refractivity contribution >= 4 is 40.2 Å². The minimum Gasteiger partial charge on any atom is -0.352 e. The predicted octanol–water partition coefficient (Wildman–Crippen LogP) is 2.77. The summed E-state index contributed by atoms with van der Waals surface area (Å²) in [6.45, 7) is 0.912. The zero-order valence-electron chi connectivity index (χ0n) is 14.9. The first-order chi connectivity index (χ1) is 13.7. The van der Waals surface area contributed by atoms with E-state index >= 15 is 0 Å². The molecule has 1 aliphatic rings. The highest BCUT2D eigenvalue weighted by molar-refractivity contribution is 7.99. The molecule has 0 aliphatic carbocycles. The van der Waals surface area contributed by atoms with Gasteiger partial charge in [-0.15, -0.1) is 0 Å². The lowest BCUT2D eigenvalue weighted by Gasteiger charge is -2.07. The van der Waals surface area contributed by atoms with Gasteiger partial charge >= 0.3 is 0 Å². The molecular formula is C20H17N5O2S. The van der Waals surface area contributed by atoms with Crippen molar-refractivity contribution < 1.29 is 9.59 Å². The normalized spacial score (nSPS) is 12.4. The van der Waals surface area contributed by atoms with E-state index in [4.69, 9.17) is 0 Å². The highest BCUT2D eigenvalue weighted by atomic mass is 32.2. The number of nitrogens with zero attached hydrogens (tertiary/aromatic N) is 3. The van der Waals surface area contributed by atoms with E-state index < -0.39 is 0 Å². The fourth-order valence-electron chi connectivity index (χ4n) is 3.10. The second-order valence-corrected chi connectivity index (χ2v) is 7.38. The second kappa shape index (κ2) is 7.74. The Morgan fingerprint density at radius 3 is 2.86 bits per heavy atom. The maximum Gasteiger partial charge on any atom is 0.251 e. The molecule has 0 saturated carbocycles. The molecule has 7 nitrogen and oxygen atoms in total. The maximum atomic E-state index is 12.3. The molecular weight excluding hydrogens is 374 g/mol. The van der Waals surface area contributed by atoms with Crippen LogP contribution >= 0.6 is 11.8 Å². The van der Waals surface area contributed by atoms with E-state index in [1.807, 2.05) is 41.0 Å². The summed E-state index contributed by atoms with van der Waals surface area (Å²) in [5.74, 6) is 0.646. The lowest BCUT2D eigenvalue weighted by Crippen LogP contribution is -2.27. The van der Waals surface area contributed by atoms with Crippen LogP contribution in [0.2, 0.25) is 0 Å². The molecule has 0 fully saturated rings. The highest BCUT2D eigenvalue weighted by Crippen LogP contribution is 2.30. The first-order valence-electron chi connectivity index (χ1n) is 8.86. The molecule has 3 aromatic rings. The van der Waals surface area contributed by atoms with E-state index in [2.05, 4.69) is 21.7 Å². The summed E-state index contributed by atoms with van der Waals surface area (Å²) >= 11 is 1.56. The van der Waals surface area contributed by atoms with Crippen LogP contribution in [0, 0.1) is 11.3 Å². The molecule has 140 valence electrons. The number of amides is 2. The number of benzene rings is 2. The summed E-state index contributed by atoms with van der Waals surface area (Å²) in [7, 11) is 0. The number of rotatable bonds is 5. The molecule has 8 heteroatoms. The Hall–Kier alpha value is -3.31. The maximum absolute atomic E-state index is 12.3. The molecule has 2 amide bonds. The van der Waals surface area contributed by atoms with Gasteiger partial charge < -0.3 is 15.2 Å². The van der Waals surface area contributed by atoms with Gasteiger partial charge in [-0.25, -0.2) is 4.98 Å². The van der Waals surface area contributed by atoms with Gasteiger partial charge in [0, 0.05) is 30.8 Å². The van der Waals surface area contributed by atoms with Gasteiger partial charge in [-0.05, 0) is 22.9 Å². The topological polar surface area (TPSA) is 99.8 Å². The number of aromatic nitrogens is 2. The van der Waals surface area contributed by atoms with Crippen LogP contribution in [-0.4, -0.2) is 33.7 Å². The minimum atomic E-state index is -0.294. The Bertz CT molecular complexity index is 1120. The van der Waals surface area contributed by atoms with Gasteiger partial charge in [0.25, 0.3) is 5.91 Å². The monoisotopic (exact) mass is 391 g/mol. The SMILES string of the molecule is N#Cc1c(NC(=O)CCNC(=O)c2ccc3ccccc3c2)nc2n1CCS2. The van der Waals surface area contributed by atoms with Gasteiger partial charge in [0.1, 0.15) is 6.07 Å². The van der Waals surface area contributed by atoms with Crippen molar-refractivity contribution in [2.75, 3.05) is 17.6 Å². The summed E-state index contributed by atoms with van der Waals surface area (Å²) in [5.41, 5.74) is 0.918. The standard InChI is InChI=1S/C20H17N5O2S/c21-12-16-18(24-20-25(16)9-10-28-20)23-17(26)7-8-22-19(27)15-6-5-13-3-1-2-4-14(13)11-15/h1-6,11H,7-10H2,(H,22,27)(H,23,26). The molecule has 28 heavy (non-hydrogen) atoms. The average molecular weight is 391 g/mol. The fourth-order valence-corrected chi connectivity index (χ4v) is 4.05. The Balaban J connectivity index is 1.33. The average Bonchev–Trinajstić information content (AvgIpc) is 3.28. The summed E-state index contributed by atoms with van der Waals surface area (Å²) < 4.78 is 1.81. The lowest BCUT2D eigenvalue weighted by atomic mass is 10.1. The van der Waals surface area contributed by atoms with Crippen LogP contribution in [0.5, 0.6) is 0 Å². The van der Waals surface area contributed by atoms with Crippen LogP contribution in [0.25, 0.3) is 10.8 Å². The van der Waals surface area contributed by atoms with Gasteiger partial charge in [0.2, 0.25) is 5.91 Å². The van der Waals surface area contributed by atoms with Crippen LogP contribution in [0.15, 0.2) is 47.6 Å². The van der Waals surface area contributed by atoms with E-state index in [1.54, 1.807) is 17.8 Å². The molecule has 0 bridgehead atoms. The molecule has 2 heterocycles. The molecule has 0 unspecified atom stereocenters. The molecule has 0 spiro atoms. The van der Waals surface area contributed by atoms with Crippen molar-refractivity contribution in [1.82, 2.24) is 14.9 Å². The second-order valence-electron chi connectivity index (χ2n) is 6.32. The van der Waals surface area contributed by atoms with E-state index in [0.717, 1.165) is 21.7 Å². The molecule has 2 N–H and O–H groups in total. The van der Waals surface area contributed by atoms with Crippen molar-refractivity contribution in [3.63, 3.8) is 0 Å². The van der Waals surface area contributed by atoms with Crippen LogP contribution in [0.4, 0.5) is 5.82 Å². The third-order valence-electron chi connectivity index (χ3n) is 4.49. The zero-order valence-corrected chi connectivity index (χ0v) is 15.8. The number of carbonyl (C=O) groups excluding carboxylic acids is 2. The van der Waals surface area contributed by atoms with Gasteiger partial charge in [0.15, 0.2) is 16.7 Å².